The highest BCUT2D eigenvalue weighted by Crippen LogP contribution is 2.27. The molecular weight excluding hydrogens is 259 g/mol. The van der Waals surface area contributed by atoms with Gasteiger partial charge in [0.15, 0.2) is 0 Å². The first-order chi connectivity index (χ1) is 7.15. The second kappa shape index (κ2) is 6.03. The minimum absolute atomic E-state index is 0.302. The molecular formula is C12H14BrFO. The predicted molar refractivity (Wildman–Crippen MR) is 63.1 cm³/mol. The zero-order chi connectivity index (χ0) is 11.3. The molecule has 1 nitrogen and oxygen atoms in total. The van der Waals surface area contributed by atoms with Gasteiger partial charge in [0.05, 0.1) is 6.10 Å². The van der Waals surface area contributed by atoms with Crippen molar-refractivity contribution in [3.63, 3.8) is 0 Å². The highest BCUT2D eigenvalue weighted by molar-refractivity contribution is 9.10. The van der Waals surface area contributed by atoms with E-state index in [9.17, 15) is 9.50 Å². The largest absolute Gasteiger partial charge is 0.388 e. The van der Waals surface area contributed by atoms with Crippen molar-refractivity contribution in [2.75, 3.05) is 0 Å². The fraction of sp³-hybridized carbons (Fsp3) is 0.333. The summed E-state index contributed by atoms with van der Waals surface area (Å²) in [7, 11) is 0. The van der Waals surface area contributed by atoms with E-state index in [0.29, 0.717) is 10.9 Å². The van der Waals surface area contributed by atoms with Crippen molar-refractivity contribution in [3.05, 3.63) is 46.7 Å². The molecule has 1 aromatic rings. The molecule has 0 amide bonds. The van der Waals surface area contributed by atoms with Crippen molar-refractivity contribution < 1.29 is 9.50 Å². The molecule has 0 fully saturated rings. The molecule has 0 saturated heterocycles. The number of aliphatic hydroxyl groups excluding tert-OH is 1. The van der Waals surface area contributed by atoms with Crippen molar-refractivity contribution in [1.82, 2.24) is 0 Å². The van der Waals surface area contributed by atoms with Gasteiger partial charge in [0.2, 0.25) is 0 Å². The lowest BCUT2D eigenvalue weighted by atomic mass is 10.0. The lowest BCUT2D eigenvalue weighted by Crippen LogP contribution is -1.98. The third-order valence-corrected chi connectivity index (χ3v) is 2.89. The van der Waals surface area contributed by atoms with Crippen LogP contribution in [0.15, 0.2) is 35.3 Å². The van der Waals surface area contributed by atoms with E-state index >= 15 is 0 Å². The van der Waals surface area contributed by atoms with Crippen LogP contribution in [0.2, 0.25) is 0 Å². The SMILES string of the molecule is C=CCCCC(O)c1ccc(F)cc1Br. The van der Waals surface area contributed by atoms with Crippen LogP contribution in [0.1, 0.15) is 30.9 Å². The van der Waals surface area contributed by atoms with Gasteiger partial charge in [-0.05, 0) is 37.0 Å². The summed E-state index contributed by atoms with van der Waals surface area (Å²) < 4.78 is 13.4. The number of unbranched alkanes of at least 4 members (excludes halogenated alkanes) is 1. The summed E-state index contributed by atoms with van der Waals surface area (Å²) in [5.41, 5.74) is 0.737. The van der Waals surface area contributed by atoms with Crippen LogP contribution in [0.4, 0.5) is 4.39 Å². The lowest BCUT2D eigenvalue weighted by molar-refractivity contribution is 0.164. The van der Waals surface area contributed by atoms with E-state index in [1.165, 1.54) is 12.1 Å². The number of halogens is 2. The summed E-state index contributed by atoms with van der Waals surface area (Å²) in [6.45, 7) is 3.62. The first-order valence-corrected chi connectivity index (χ1v) is 5.68. The Labute approximate surface area is 97.8 Å². The van der Waals surface area contributed by atoms with Crippen molar-refractivity contribution >= 4 is 15.9 Å². The van der Waals surface area contributed by atoms with Crippen LogP contribution in [0.5, 0.6) is 0 Å². The summed E-state index contributed by atoms with van der Waals surface area (Å²) in [5.74, 6) is -0.302. The Morgan fingerprint density at radius 3 is 2.87 bits per heavy atom. The Kier molecular flexibility index (Phi) is 4.99. The summed E-state index contributed by atoms with van der Waals surface area (Å²) in [4.78, 5) is 0. The molecule has 1 N–H and O–H groups in total. The van der Waals surface area contributed by atoms with Gasteiger partial charge in [-0.15, -0.1) is 6.58 Å². The summed E-state index contributed by atoms with van der Waals surface area (Å²) >= 11 is 3.24. The Hall–Kier alpha value is -0.670. The zero-order valence-electron chi connectivity index (χ0n) is 8.42. The molecule has 1 atom stereocenters. The maximum absolute atomic E-state index is 12.8. The molecule has 0 saturated carbocycles. The predicted octanol–water partition coefficient (Wildman–Crippen LogP) is 3.98. The van der Waals surface area contributed by atoms with Gasteiger partial charge in [-0.25, -0.2) is 4.39 Å². The number of hydrogen-bond donors (Lipinski definition) is 1. The van der Waals surface area contributed by atoms with E-state index in [2.05, 4.69) is 22.5 Å². The van der Waals surface area contributed by atoms with Crippen LogP contribution >= 0.6 is 15.9 Å². The van der Waals surface area contributed by atoms with Crippen LogP contribution < -0.4 is 0 Å². The molecule has 1 rings (SSSR count). The van der Waals surface area contributed by atoms with E-state index in [4.69, 9.17) is 0 Å². The summed E-state index contributed by atoms with van der Waals surface area (Å²) in [6.07, 6.45) is 3.72. The number of allylic oxidation sites excluding steroid dienone is 1. The van der Waals surface area contributed by atoms with E-state index in [-0.39, 0.29) is 5.82 Å². The average molecular weight is 273 g/mol. The van der Waals surface area contributed by atoms with Crippen LogP contribution in [-0.4, -0.2) is 5.11 Å². The normalized spacial score (nSPS) is 12.5. The molecule has 3 heteroatoms. The van der Waals surface area contributed by atoms with Gasteiger partial charge >= 0.3 is 0 Å². The van der Waals surface area contributed by atoms with Crippen molar-refractivity contribution in [3.8, 4) is 0 Å². The standard InChI is InChI=1S/C12H14BrFO/c1-2-3-4-5-12(15)10-7-6-9(14)8-11(10)13/h2,6-8,12,15H,1,3-5H2. The molecule has 0 aliphatic carbocycles. The second-order valence-corrected chi connectivity index (χ2v) is 4.26. The van der Waals surface area contributed by atoms with Crippen LogP contribution in [0, 0.1) is 5.82 Å². The smallest absolute Gasteiger partial charge is 0.124 e. The van der Waals surface area contributed by atoms with Crippen molar-refractivity contribution in [2.45, 2.75) is 25.4 Å². The van der Waals surface area contributed by atoms with E-state index in [1.807, 2.05) is 6.08 Å². The van der Waals surface area contributed by atoms with Gasteiger partial charge in [0.1, 0.15) is 5.82 Å². The van der Waals surface area contributed by atoms with Crippen LogP contribution in [0.3, 0.4) is 0 Å². The van der Waals surface area contributed by atoms with Crippen molar-refractivity contribution in [2.24, 2.45) is 0 Å². The van der Waals surface area contributed by atoms with Crippen LogP contribution in [0.25, 0.3) is 0 Å². The second-order valence-electron chi connectivity index (χ2n) is 3.40. The minimum atomic E-state index is -0.542. The van der Waals surface area contributed by atoms with E-state index in [1.54, 1.807) is 6.07 Å². The van der Waals surface area contributed by atoms with E-state index in [0.717, 1.165) is 18.4 Å². The first kappa shape index (κ1) is 12.4. The lowest BCUT2D eigenvalue weighted by Gasteiger charge is -2.12. The highest BCUT2D eigenvalue weighted by atomic mass is 79.9. The fourth-order valence-electron chi connectivity index (χ4n) is 1.38. The zero-order valence-corrected chi connectivity index (χ0v) is 10.0. The average Bonchev–Trinajstić information content (AvgIpc) is 2.17. The molecule has 0 aromatic heterocycles. The van der Waals surface area contributed by atoms with E-state index < -0.39 is 6.10 Å². The molecule has 15 heavy (non-hydrogen) atoms. The maximum Gasteiger partial charge on any atom is 0.124 e. The number of aliphatic hydroxyl groups is 1. The highest BCUT2D eigenvalue weighted by Gasteiger charge is 2.10. The van der Waals surface area contributed by atoms with Gasteiger partial charge in [-0.3, -0.25) is 0 Å². The van der Waals surface area contributed by atoms with Gasteiger partial charge in [0, 0.05) is 4.47 Å². The van der Waals surface area contributed by atoms with Gasteiger partial charge in [-0.2, -0.15) is 0 Å². The monoisotopic (exact) mass is 272 g/mol. The Morgan fingerprint density at radius 1 is 1.53 bits per heavy atom. The molecule has 0 aliphatic heterocycles. The van der Waals surface area contributed by atoms with Crippen molar-refractivity contribution in [1.29, 1.82) is 0 Å². The fourth-order valence-corrected chi connectivity index (χ4v) is 2.00. The maximum atomic E-state index is 12.8. The molecule has 82 valence electrons. The summed E-state index contributed by atoms with van der Waals surface area (Å²) in [5, 5.41) is 9.83. The van der Waals surface area contributed by atoms with Gasteiger partial charge < -0.3 is 5.11 Å². The Balaban J connectivity index is 2.64. The molecule has 0 radical (unpaired) electrons. The number of rotatable bonds is 5. The number of hydrogen-bond acceptors (Lipinski definition) is 1. The third kappa shape index (κ3) is 3.76. The number of benzene rings is 1. The van der Waals surface area contributed by atoms with Gasteiger partial charge in [-0.1, -0.05) is 28.1 Å². The Bertz CT molecular complexity index is 338. The topological polar surface area (TPSA) is 20.2 Å². The van der Waals surface area contributed by atoms with Gasteiger partial charge in [0.25, 0.3) is 0 Å². The quantitative estimate of drug-likeness (QED) is 0.635. The molecule has 0 bridgehead atoms. The first-order valence-electron chi connectivity index (χ1n) is 4.89. The molecule has 0 heterocycles. The molecule has 0 spiro atoms. The Morgan fingerprint density at radius 2 is 2.27 bits per heavy atom. The molecule has 1 aromatic carbocycles. The van der Waals surface area contributed by atoms with Crippen LogP contribution in [-0.2, 0) is 0 Å². The summed E-state index contributed by atoms with van der Waals surface area (Å²) in [6, 6.07) is 4.33. The molecule has 1 unspecified atom stereocenters. The third-order valence-electron chi connectivity index (χ3n) is 2.21. The molecule has 0 aliphatic rings. The minimum Gasteiger partial charge on any atom is -0.388 e.